The van der Waals surface area contributed by atoms with Crippen molar-refractivity contribution in [1.29, 1.82) is 0 Å². The fraction of sp³-hybridized carbons (Fsp3) is 0.297. The second kappa shape index (κ2) is 15.0. The molecule has 9 heteroatoms. The summed E-state index contributed by atoms with van der Waals surface area (Å²) >= 11 is 6.08. The molecule has 5 rings (SSSR count). The number of halogens is 1. The molecule has 1 fully saturated rings. The molecule has 0 radical (unpaired) electrons. The summed E-state index contributed by atoms with van der Waals surface area (Å²) in [6.45, 7) is 3.49. The van der Waals surface area contributed by atoms with Crippen LogP contribution in [0.25, 0.3) is 0 Å². The molecule has 1 N–H and O–H groups in total. The van der Waals surface area contributed by atoms with E-state index in [9.17, 15) is 18.0 Å². The molecule has 46 heavy (non-hydrogen) atoms. The smallest absolute Gasteiger partial charge is 0.264 e. The number of benzene rings is 4. The molecule has 0 unspecified atom stereocenters. The summed E-state index contributed by atoms with van der Waals surface area (Å²) < 4.78 is 29.6. The number of aryl methyl sites for hydroxylation is 2. The van der Waals surface area contributed by atoms with Crippen LogP contribution in [0, 0.1) is 13.8 Å². The summed E-state index contributed by atoms with van der Waals surface area (Å²) in [4.78, 5) is 30.2. The monoisotopic (exact) mass is 657 g/mol. The summed E-state index contributed by atoms with van der Waals surface area (Å²) in [5, 5.41) is 3.60. The lowest BCUT2D eigenvalue weighted by atomic mass is 10.0. The van der Waals surface area contributed by atoms with E-state index in [1.165, 1.54) is 29.2 Å². The minimum atomic E-state index is -4.20. The Morgan fingerprint density at radius 3 is 2.04 bits per heavy atom. The fourth-order valence-electron chi connectivity index (χ4n) is 5.84. The third-order valence-corrected chi connectivity index (χ3v) is 10.7. The Morgan fingerprint density at radius 2 is 1.43 bits per heavy atom. The SMILES string of the molecule is Cc1ccc(N(CC(=O)N(Cc2ccccc2)[C@H](Cc2ccccc2)C(=O)NC2CCCC2)S(=O)(=O)c2ccc(Cl)cc2)cc1C. The van der Waals surface area contributed by atoms with E-state index in [0.717, 1.165) is 52.2 Å². The van der Waals surface area contributed by atoms with Crippen molar-refractivity contribution in [2.24, 2.45) is 0 Å². The van der Waals surface area contributed by atoms with Gasteiger partial charge in [0.2, 0.25) is 11.8 Å². The van der Waals surface area contributed by atoms with E-state index in [1.807, 2.05) is 80.6 Å². The molecular formula is C37H40ClN3O4S. The highest BCUT2D eigenvalue weighted by Gasteiger charge is 2.35. The largest absolute Gasteiger partial charge is 0.352 e. The summed E-state index contributed by atoms with van der Waals surface area (Å²) in [6, 6.07) is 29.5. The number of nitrogens with zero attached hydrogens (tertiary/aromatic N) is 2. The molecule has 1 aliphatic rings. The number of sulfonamides is 1. The standard InChI is InChI=1S/C37H40ClN3O4S/c1-27-17-20-33(23-28(27)2)41(46(44,45)34-21-18-31(38)19-22-34)26-36(42)40(25-30-13-7-4-8-14-30)35(24-29-11-5-3-6-12-29)37(43)39-32-15-9-10-16-32/h3-8,11-14,17-23,32,35H,9-10,15-16,24-26H2,1-2H3,(H,39,43)/t35-/m1/s1. The van der Waals surface area contributed by atoms with Crippen LogP contribution in [0.1, 0.15) is 47.9 Å². The zero-order chi connectivity index (χ0) is 32.7. The number of hydrogen-bond acceptors (Lipinski definition) is 4. The van der Waals surface area contributed by atoms with Gasteiger partial charge in [0.1, 0.15) is 12.6 Å². The summed E-state index contributed by atoms with van der Waals surface area (Å²) in [5.41, 5.74) is 3.98. The van der Waals surface area contributed by atoms with E-state index in [1.54, 1.807) is 12.1 Å². The molecule has 2 amide bonds. The minimum Gasteiger partial charge on any atom is -0.352 e. The Hall–Kier alpha value is -4.14. The summed E-state index contributed by atoms with van der Waals surface area (Å²) in [7, 11) is -4.20. The first kappa shape index (κ1) is 33.2. The van der Waals surface area contributed by atoms with Gasteiger partial charge in [-0.1, -0.05) is 91.2 Å². The molecule has 1 atom stereocenters. The van der Waals surface area contributed by atoms with Crippen molar-refractivity contribution in [3.05, 3.63) is 130 Å². The second-order valence-electron chi connectivity index (χ2n) is 11.9. The predicted octanol–water partition coefficient (Wildman–Crippen LogP) is 6.85. The van der Waals surface area contributed by atoms with Gasteiger partial charge in [-0.2, -0.15) is 0 Å². The molecule has 4 aromatic carbocycles. The van der Waals surface area contributed by atoms with Gasteiger partial charge in [-0.3, -0.25) is 13.9 Å². The van der Waals surface area contributed by atoms with E-state index in [0.29, 0.717) is 10.7 Å². The quantitative estimate of drug-likeness (QED) is 0.181. The highest BCUT2D eigenvalue weighted by atomic mass is 35.5. The number of carbonyl (C=O) groups excluding carboxylic acids is 2. The Labute approximate surface area is 277 Å². The van der Waals surface area contributed by atoms with Gasteiger partial charge in [-0.15, -0.1) is 0 Å². The molecule has 4 aromatic rings. The lowest BCUT2D eigenvalue weighted by Crippen LogP contribution is -2.54. The van der Waals surface area contributed by atoms with E-state index in [-0.39, 0.29) is 29.8 Å². The molecule has 0 heterocycles. The molecule has 7 nitrogen and oxygen atoms in total. The molecule has 0 bridgehead atoms. The van der Waals surface area contributed by atoms with Gasteiger partial charge >= 0.3 is 0 Å². The van der Waals surface area contributed by atoms with Crippen molar-refractivity contribution in [2.45, 2.75) is 69.5 Å². The molecule has 0 aromatic heterocycles. The molecular weight excluding hydrogens is 618 g/mol. The van der Waals surface area contributed by atoms with E-state index in [2.05, 4.69) is 5.32 Å². The van der Waals surface area contributed by atoms with Crippen LogP contribution < -0.4 is 9.62 Å². The van der Waals surface area contributed by atoms with Gasteiger partial charge in [0.15, 0.2) is 0 Å². The van der Waals surface area contributed by atoms with Gasteiger partial charge < -0.3 is 10.2 Å². The van der Waals surface area contributed by atoms with Crippen molar-refractivity contribution >= 4 is 39.1 Å². The average molecular weight is 658 g/mol. The molecule has 0 aliphatic heterocycles. The maximum atomic E-state index is 14.6. The van der Waals surface area contributed by atoms with Crippen LogP contribution >= 0.6 is 11.6 Å². The van der Waals surface area contributed by atoms with Crippen LogP contribution in [-0.2, 0) is 32.6 Å². The average Bonchev–Trinajstić information content (AvgIpc) is 3.57. The number of amides is 2. The second-order valence-corrected chi connectivity index (χ2v) is 14.2. The fourth-order valence-corrected chi connectivity index (χ4v) is 7.38. The maximum absolute atomic E-state index is 14.6. The van der Waals surface area contributed by atoms with Crippen LogP contribution in [0.3, 0.4) is 0 Å². The van der Waals surface area contributed by atoms with Gasteiger partial charge in [-0.05, 0) is 85.3 Å². The topological polar surface area (TPSA) is 86.8 Å². The number of anilines is 1. The number of carbonyl (C=O) groups is 2. The maximum Gasteiger partial charge on any atom is 0.264 e. The number of rotatable bonds is 12. The van der Waals surface area contributed by atoms with Crippen molar-refractivity contribution in [3.8, 4) is 0 Å². The first-order valence-electron chi connectivity index (χ1n) is 15.6. The molecule has 0 saturated heterocycles. The zero-order valence-electron chi connectivity index (χ0n) is 26.2. The highest BCUT2D eigenvalue weighted by molar-refractivity contribution is 7.92. The van der Waals surface area contributed by atoms with Crippen molar-refractivity contribution in [3.63, 3.8) is 0 Å². The van der Waals surface area contributed by atoms with Gasteiger partial charge in [0.05, 0.1) is 10.6 Å². The Balaban J connectivity index is 1.56. The molecule has 1 aliphatic carbocycles. The van der Waals surface area contributed by atoms with Crippen LogP contribution in [0.15, 0.2) is 108 Å². The lowest BCUT2D eigenvalue weighted by molar-refractivity contribution is -0.140. The van der Waals surface area contributed by atoms with Crippen LogP contribution in [-0.4, -0.2) is 43.8 Å². The molecule has 1 saturated carbocycles. The number of nitrogens with one attached hydrogen (secondary N) is 1. The number of hydrogen-bond donors (Lipinski definition) is 1. The highest BCUT2D eigenvalue weighted by Crippen LogP contribution is 2.28. The first-order chi connectivity index (χ1) is 22.1. The molecule has 240 valence electrons. The summed E-state index contributed by atoms with van der Waals surface area (Å²) in [6.07, 6.45) is 4.18. The van der Waals surface area contributed by atoms with Gasteiger partial charge in [0, 0.05) is 24.0 Å². The third kappa shape index (κ3) is 8.17. The summed E-state index contributed by atoms with van der Waals surface area (Å²) in [5.74, 6) is -0.722. The van der Waals surface area contributed by atoms with E-state index >= 15 is 0 Å². The van der Waals surface area contributed by atoms with E-state index < -0.39 is 28.5 Å². The Morgan fingerprint density at radius 1 is 0.826 bits per heavy atom. The zero-order valence-corrected chi connectivity index (χ0v) is 27.8. The van der Waals surface area contributed by atoms with Crippen molar-refractivity contribution < 1.29 is 18.0 Å². The van der Waals surface area contributed by atoms with Crippen LogP contribution in [0.2, 0.25) is 5.02 Å². The Kier molecular flexibility index (Phi) is 10.8. The first-order valence-corrected chi connectivity index (χ1v) is 17.5. The van der Waals surface area contributed by atoms with Crippen molar-refractivity contribution in [2.75, 3.05) is 10.8 Å². The lowest BCUT2D eigenvalue weighted by Gasteiger charge is -2.34. The van der Waals surface area contributed by atoms with Crippen molar-refractivity contribution in [1.82, 2.24) is 10.2 Å². The van der Waals surface area contributed by atoms with Crippen LogP contribution in [0.4, 0.5) is 5.69 Å². The normalized spacial score (nSPS) is 14.1. The van der Waals surface area contributed by atoms with E-state index in [4.69, 9.17) is 11.6 Å². The predicted molar refractivity (Wildman–Crippen MR) is 183 cm³/mol. The van der Waals surface area contributed by atoms with Gasteiger partial charge in [0.25, 0.3) is 10.0 Å². The third-order valence-electron chi connectivity index (χ3n) is 8.63. The van der Waals surface area contributed by atoms with Crippen LogP contribution in [0.5, 0.6) is 0 Å². The molecule has 0 spiro atoms. The minimum absolute atomic E-state index is 0.0114. The Bertz CT molecular complexity index is 1740. The van der Waals surface area contributed by atoms with Gasteiger partial charge in [-0.25, -0.2) is 8.42 Å².